The average molecular weight is 364 g/mol. The molecule has 1 aromatic rings. The average Bonchev–Trinajstić information content (AvgIpc) is 2.53. The summed E-state index contributed by atoms with van der Waals surface area (Å²) in [5, 5.41) is 0. The molecule has 0 aromatic heterocycles. The second-order valence-corrected chi connectivity index (χ2v) is 5.46. The molecule has 1 atom stereocenters. The topological polar surface area (TPSA) is 58.8 Å². The summed E-state index contributed by atoms with van der Waals surface area (Å²) >= 11 is 0. The molecule has 0 bridgehead atoms. The van der Waals surface area contributed by atoms with Gasteiger partial charge in [-0.2, -0.15) is 0 Å². The summed E-state index contributed by atoms with van der Waals surface area (Å²) in [6.07, 6.45) is 0.601. The molecule has 1 fully saturated rings. The highest BCUT2D eigenvalue weighted by Gasteiger charge is 2.25. The van der Waals surface area contributed by atoms with Crippen LogP contribution >= 0.6 is 24.8 Å². The normalized spacial score (nSPS) is 16.2. The second kappa shape index (κ2) is 11.6. The van der Waals surface area contributed by atoms with Gasteiger partial charge in [-0.05, 0) is 12.0 Å². The van der Waals surface area contributed by atoms with Crippen molar-refractivity contribution >= 4 is 30.7 Å². The van der Waals surface area contributed by atoms with Gasteiger partial charge >= 0.3 is 0 Å². The first-order chi connectivity index (χ1) is 10.2. The molecule has 132 valence electrons. The maximum atomic E-state index is 12.4. The van der Waals surface area contributed by atoms with E-state index in [0.29, 0.717) is 6.42 Å². The summed E-state index contributed by atoms with van der Waals surface area (Å²) in [6, 6.07) is 9.49. The van der Waals surface area contributed by atoms with E-state index in [4.69, 9.17) is 10.5 Å². The smallest absolute Gasteiger partial charge is 0.239 e. The number of rotatable bonds is 6. The van der Waals surface area contributed by atoms with Gasteiger partial charge in [0.15, 0.2) is 0 Å². The van der Waals surface area contributed by atoms with Crippen molar-refractivity contribution in [3.05, 3.63) is 35.9 Å². The van der Waals surface area contributed by atoms with Crippen LogP contribution in [0.5, 0.6) is 0 Å². The molecule has 1 unspecified atom stereocenters. The highest BCUT2D eigenvalue weighted by atomic mass is 35.5. The Bertz CT molecular complexity index is 440. The minimum absolute atomic E-state index is 0. The van der Waals surface area contributed by atoms with Gasteiger partial charge in [0.1, 0.15) is 0 Å². The van der Waals surface area contributed by atoms with Crippen LogP contribution < -0.4 is 5.73 Å². The SMILES string of the molecule is COCCN1CCN(C(=O)C(N)Cc2ccccc2)CC1.Cl.Cl. The van der Waals surface area contributed by atoms with Gasteiger partial charge < -0.3 is 15.4 Å². The zero-order valence-electron chi connectivity index (χ0n) is 13.5. The molecule has 1 saturated heterocycles. The molecule has 2 rings (SSSR count). The van der Waals surface area contributed by atoms with Crippen LogP contribution in [0.4, 0.5) is 0 Å². The van der Waals surface area contributed by atoms with E-state index in [1.54, 1.807) is 7.11 Å². The molecule has 7 heteroatoms. The van der Waals surface area contributed by atoms with E-state index in [-0.39, 0.29) is 30.7 Å². The molecule has 1 aliphatic rings. The summed E-state index contributed by atoms with van der Waals surface area (Å²) in [4.78, 5) is 16.6. The molecule has 23 heavy (non-hydrogen) atoms. The van der Waals surface area contributed by atoms with Crippen molar-refractivity contribution in [1.82, 2.24) is 9.80 Å². The molecular formula is C16H27Cl2N3O2. The van der Waals surface area contributed by atoms with Crippen molar-refractivity contribution in [2.45, 2.75) is 12.5 Å². The molecule has 1 aromatic carbocycles. The zero-order valence-corrected chi connectivity index (χ0v) is 15.2. The number of piperazine rings is 1. The second-order valence-electron chi connectivity index (χ2n) is 5.46. The fraction of sp³-hybridized carbons (Fsp3) is 0.562. The van der Waals surface area contributed by atoms with Crippen LogP contribution in [0.2, 0.25) is 0 Å². The Morgan fingerprint density at radius 1 is 1.17 bits per heavy atom. The first-order valence-electron chi connectivity index (χ1n) is 7.50. The number of carbonyl (C=O) groups is 1. The molecule has 0 saturated carbocycles. The van der Waals surface area contributed by atoms with Crippen molar-refractivity contribution in [3.63, 3.8) is 0 Å². The predicted molar refractivity (Wildman–Crippen MR) is 97.5 cm³/mol. The third kappa shape index (κ3) is 7.06. The zero-order chi connectivity index (χ0) is 15.1. The number of nitrogens with two attached hydrogens (primary N) is 1. The van der Waals surface area contributed by atoms with Gasteiger partial charge in [-0.25, -0.2) is 0 Å². The first kappa shape index (κ1) is 22.1. The number of methoxy groups -OCH3 is 1. The molecule has 0 radical (unpaired) electrons. The Balaban J connectivity index is 0.00000242. The molecule has 1 amide bonds. The standard InChI is InChI=1S/C16H25N3O2.2ClH/c1-21-12-11-18-7-9-19(10-8-18)16(20)15(17)13-14-5-3-2-4-6-14;;/h2-6,15H,7-13,17H2,1H3;2*1H. The Hall–Kier alpha value is -0.850. The highest BCUT2D eigenvalue weighted by molar-refractivity contribution is 5.85. The molecule has 0 spiro atoms. The number of nitrogens with zero attached hydrogens (tertiary/aromatic N) is 2. The van der Waals surface area contributed by atoms with Crippen LogP contribution in [0.1, 0.15) is 5.56 Å². The fourth-order valence-electron chi connectivity index (χ4n) is 2.60. The summed E-state index contributed by atoms with van der Waals surface area (Å²) in [5.74, 6) is 0.0604. The van der Waals surface area contributed by atoms with Crippen LogP contribution in [-0.2, 0) is 16.0 Å². The lowest BCUT2D eigenvalue weighted by Crippen LogP contribution is -2.54. The van der Waals surface area contributed by atoms with Gasteiger partial charge in [0, 0.05) is 39.8 Å². The Morgan fingerprint density at radius 2 is 1.78 bits per heavy atom. The Morgan fingerprint density at radius 3 is 2.35 bits per heavy atom. The molecule has 2 N–H and O–H groups in total. The minimum atomic E-state index is -0.446. The third-order valence-electron chi connectivity index (χ3n) is 3.91. The van der Waals surface area contributed by atoms with Crippen molar-refractivity contribution in [2.24, 2.45) is 5.73 Å². The minimum Gasteiger partial charge on any atom is -0.383 e. The molecule has 0 aliphatic carbocycles. The molecule has 5 nitrogen and oxygen atoms in total. The van der Waals surface area contributed by atoms with Crippen LogP contribution in [0.15, 0.2) is 30.3 Å². The number of benzene rings is 1. The maximum Gasteiger partial charge on any atom is 0.239 e. The number of carbonyl (C=O) groups excluding carboxylic acids is 1. The Labute approximate surface area is 151 Å². The number of hydrogen-bond acceptors (Lipinski definition) is 4. The lowest BCUT2D eigenvalue weighted by molar-refractivity contribution is -0.134. The summed E-state index contributed by atoms with van der Waals surface area (Å²) in [7, 11) is 1.71. The van der Waals surface area contributed by atoms with Crippen LogP contribution in [0.3, 0.4) is 0 Å². The van der Waals surface area contributed by atoms with Gasteiger partial charge in [0.25, 0.3) is 0 Å². The van der Waals surface area contributed by atoms with Gasteiger partial charge in [-0.1, -0.05) is 30.3 Å². The van der Waals surface area contributed by atoms with E-state index >= 15 is 0 Å². The van der Waals surface area contributed by atoms with Crippen molar-refractivity contribution in [3.8, 4) is 0 Å². The number of hydrogen-bond donors (Lipinski definition) is 1. The van der Waals surface area contributed by atoms with Crippen molar-refractivity contribution < 1.29 is 9.53 Å². The van der Waals surface area contributed by atoms with E-state index in [0.717, 1.165) is 44.9 Å². The highest BCUT2D eigenvalue weighted by Crippen LogP contribution is 2.07. The van der Waals surface area contributed by atoms with E-state index in [2.05, 4.69) is 4.90 Å². The third-order valence-corrected chi connectivity index (χ3v) is 3.91. The number of amides is 1. The van der Waals surface area contributed by atoms with Gasteiger partial charge in [-0.3, -0.25) is 9.69 Å². The lowest BCUT2D eigenvalue weighted by atomic mass is 10.1. The Kier molecular flexibility index (Phi) is 11.2. The number of ether oxygens (including phenoxy) is 1. The molecule has 1 heterocycles. The van der Waals surface area contributed by atoms with Gasteiger partial charge in [0.05, 0.1) is 12.6 Å². The largest absolute Gasteiger partial charge is 0.383 e. The monoisotopic (exact) mass is 363 g/mol. The van der Waals surface area contributed by atoms with Crippen molar-refractivity contribution in [2.75, 3.05) is 46.4 Å². The molecular weight excluding hydrogens is 337 g/mol. The van der Waals surface area contributed by atoms with Gasteiger partial charge in [0.2, 0.25) is 5.91 Å². The predicted octanol–water partition coefficient (Wildman–Crippen LogP) is 1.19. The first-order valence-corrected chi connectivity index (χ1v) is 7.50. The number of halogens is 2. The van der Waals surface area contributed by atoms with E-state index < -0.39 is 6.04 Å². The summed E-state index contributed by atoms with van der Waals surface area (Å²) in [5.41, 5.74) is 7.18. The fourth-order valence-corrected chi connectivity index (χ4v) is 2.60. The van der Waals surface area contributed by atoms with Crippen LogP contribution in [-0.4, -0.2) is 68.2 Å². The summed E-state index contributed by atoms with van der Waals surface area (Å²) < 4.78 is 5.08. The quantitative estimate of drug-likeness (QED) is 0.824. The van der Waals surface area contributed by atoms with E-state index in [1.807, 2.05) is 35.2 Å². The summed E-state index contributed by atoms with van der Waals surface area (Å²) in [6.45, 7) is 4.96. The van der Waals surface area contributed by atoms with Crippen LogP contribution in [0, 0.1) is 0 Å². The lowest BCUT2D eigenvalue weighted by Gasteiger charge is -2.35. The van der Waals surface area contributed by atoms with Crippen molar-refractivity contribution in [1.29, 1.82) is 0 Å². The van der Waals surface area contributed by atoms with Gasteiger partial charge in [-0.15, -0.1) is 24.8 Å². The van der Waals surface area contributed by atoms with Crippen LogP contribution in [0.25, 0.3) is 0 Å². The molecule has 1 aliphatic heterocycles. The van der Waals surface area contributed by atoms with E-state index in [1.165, 1.54) is 0 Å². The maximum absolute atomic E-state index is 12.4. The van der Waals surface area contributed by atoms with E-state index in [9.17, 15) is 4.79 Å².